The van der Waals surface area contributed by atoms with Gasteiger partial charge in [0.2, 0.25) is 0 Å². The molecule has 0 radical (unpaired) electrons. The smallest absolute Gasteiger partial charge is 0.303 e. The average molecular weight is 332 g/mol. The molecule has 0 rings (SSSR count). The van der Waals surface area contributed by atoms with Gasteiger partial charge >= 0.3 is 5.97 Å². The fraction of sp³-hybridized carbons (Fsp3) is 0.929. The summed E-state index contributed by atoms with van der Waals surface area (Å²) in [4.78, 5) is 10.3. The molecule has 0 aromatic rings. The number of unbranched alkanes of at least 4 members (excludes halogenated alkanes) is 10. The van der Waals surface area contributed by atoms with E-state index in [2.05, 4.69) is 6.92 Å². The van der Waals surface area contributed by atoms with Gasteiger partial charge in [-0.2, -0.15) is 0 Å². The third-order valence-corrected chi connectivity index (χ3v) is 2.99. The molecule has 108 valence electrons. The van der Waals surface area contributed by atoms with Gasteiger partial charge in [-0.3, -0.25) is 4.79 Å². The molecule has 0 saturated heterocycles. The van der Waals surface area contributed by atoms with E-state index in [4.69, 9.17) is 5.11 Å². The summed E-state index contributed by atoms with van der Waals surface area (Å²) in [6.07, 6.45) is 14.4. The molecule has 0 bridgehead atoms. The van der Waals surface area contributed by atoms with Crippen LogP contribution in [0.2, 0.25) is 0 Å². The molecule has 0 aliphatic carbocycles. The minimum Gasteiger partial charge on any atom is -0.481 e. The van der Waals surface area contributed by atoms with Gasteiger partial charge in [0.15, 0.2) is 0 Å². The molecule has 18 heavy (non-hydrogen) atoms. The van der Waals surface area contributed by atoms with Crippen LogP contribution in [-0.2, 0) is 39.5 Å². The quantitative estimate of drug-likeness (QED) is 0.523. The first-order chi connectivity index (χ1) is 7.77. The average Bonchev–Trinajstić information content (AvgIpc) is 2.25. The van der Waals surface area contributed by atoms with E-state index < -0.39 is 5.97 Å². The van der Waals surface area contributed by atoms with E-state index in [1.165, 1.54) is 57.8 Å². The second-order valence-electron chi connectivity index (χ2n) is 4.68. The zero-order valence-electron chi connectivity index (χ0n) is 11.7. The van der Waals surface area contributed by atoms with Crippen LogP contribution in [0.5, 0.6) is 0 Å². The van der Waals surface area contributed by atoms with Crippen LogP contribution in [0.15, 0.2) is 0 Å². The van der Waals surface area contributed by atoms with Gasteiger partial charge in [-0.05, 0) is 6.42 Å². The van der Waals surface area contributed by atoms with Gasteiger partial charge in [-0.25, -0.2) is 0 Å². The molecule has 0 amide bonds. The van der Waals surface area contributed by atoms with Crippen LogP contribution in [-0.4, -0.2) is 11.1 Å². The number of aliphatic carboxylic acids is 1. The SMILES string of the molecule is CCCCCCCCCCCCCC(=O)O.[Cr].[Cr]. The van der Waals surface area contributed by atoms with Crippen molar-refractivity contribution in [2.24, 2.45) is 0 Å². The molecule has 0 aliphatic rings. The van der Waals surface area contributed by atoms with E-state index in [0.29, 0.717) is 6.42 Å². The normalized spacial score (nSPS) is 9.39. The summed E-state index contributed by atoms with van der Waals surface area (Å²) in [5.74, 6) is -0.657. The van der Waals surface area contributed by atoms with Crippen molar-refractivity contribution in [1.82, 2.24) is 0 Å². The molecule has 0 heterocycles. The fourth-order valence-electron chi connectivity index (χ4n) is 1.94. The summed E-state index contributed by atoms with van der Waals surface area (Å²) in [6, 6.07) is 0. The summed E-state index contributed by atoms with van der Waals surface area (Å²) in [5.41, 5.74) is 0. The zero-order chi connectivity index (χ0) is 12.1. The minimum absolute atomic E-state index is 0. The Balaban J connectivity index is -0.00000112. The van der Waals surface area contributed by atoms with Crippen LogP contribution in [0.1, 0.15) is 84.0 Å². The molecule has 2 nitrogen and oxygen atoms in total. The van der Waals surface area contributed by atoms with Gasteiger partial charge in [0.1, 0.15) is 0 Å². The Morgan fingerprint density at radius 3 is 1.39 bits per heavy atom. The van der Waals surface area contributed by atoms with Crippen LogP contribution in [0.3, 0.4) is 0 Å². The number of carboxylic acids is 1. The first-order valence-electron chi connectivity index (χ1n) is 6.99. The van der Waals surface area contributed by atoms with Gasteiger partial charge in [-0.15, -0.1) is 0 Å². The Labute approximate surface area is 134 Å². The topological polar surface area (TPSA) is 37.3 Å². The summed E-state index contributed by atoms with van der Waals surface area (Å²) in [7, 11) is 0. The van der Waals surface area contributed by atoms with Crippen LogP contribution >= 0.6 is 0 Å². The zero-order valence-corrected chi connectivity index (χ0v) is 14.2. The van der Waals surface area contributed by atoms with E-state index in [0.717, 1.165) is 12.8 Å². The van der Waals surface area contributed by atoms with E-state index >= 15 is 0 Å². The van der Waals surface area contributed by atoms with Crippen molar-refractivity contribution < 1.29 is 44.6 Å². The minimum atomic E-state index is -0.657. The standard InChI is InChI=1S/C14H28O2.2Cr/c1-2-3-4-5-6-7-8-9-10-11-12-13-14(15)16;;/h2-13H2,1H3,(H,15,16);;. The molecule has 0 saturated carbocycles. The Kier molecular flexibility index (Phi) is 26.1. The monoisotopic (exact) mass is 332 g/mol. The molecule has 0 fully saturated rings. The molecule has 0 aromatic heterocycles. The van der Waals surface area contributed by atoms with Gasteiger partial charge in [-0.1, -0.05) is 71.1 Å². The van der Waals surface area contributed by atoms with E-state index in [1.54, 1.807) is 0 Å². The molecular formula is C14H28Cr2O2. The molecular weight excluding hydrogens is 304 g/mol. The third kappa shape index (κ3) is 21.8. The summed E-state index contributed by atoms with van der Waals surface area (Å²) < 4.78 is 0. The summed E-state index contributed by atoms with van der Waals surface area (Å²) in [5, 5.41) is 8.46. The van der Waals surface area contributed by atoms with Crippen LogP contribution in [0, 0.1) is 0 Å². The first kappa shape index (κ1) is 23.6. The van der Waals surface area contributed by atoms with Crippen molar-refractivity contribution in [3.63, 3.8) is 0 Å². The molecule has 0 aliphatic heterocycles. The number of rotatable bonds is 12. The van der Waals surface area contributed by atoms with Gasteiger partial charge in [0, 0.05) is 41.1 Å². The molecule has 0 unspecified atom stereocenters. The van der Waals surface area contributed by atoms with Crippen molar-refractivity contribution in [3.8, 4) is 0 Å². The molecule has 4 heteroatoms. The Morgan fingerprint density at radius 2 is 1.06 bits per heavy atom. The largest absolute Gasteiger partial charge is 0.481 e. The van der Waals surface area contributed by atoms with E-state index in [-0.39, 0.29) is 34.7 Å². The second-order valence-corrected chi connectivity index (χ2v) is 4.68. The fourth-order valence-corrected chi connectivity index (χ4v) is 1.94. The van der Waals surface area contributed by atoms with Gasteiger partial charge in [0.25, 0.3) is 0 Å². The maximum absolute atomic E-state index is 10.3. The van der Waals surface area contributed by atoms with Crippen LogP contribution in [0.4, 0.5) is 0 Å². The second kappa shape index (κ2) is 19.9. The summed E-state index contributed by atoms with van der Waals surface area (Å²) >= 11 is 0. The predicted molar refractivity (Wildman–Crippen MR) is 68.7 cm³/mol. The van der Waals surface area contributed by atoms with Gasteiger partial charge < -0.3 is 5.11 Å². The summed E-state index contributed by atoms with van der Waals surface area (Å²) in [6.45, 7) is 2.25. The predicted octanol–water partition coefficient (Wildman–Crippen LogP) is 4.77. The van der Waals surface area contributed by atoms with E-state index in [9.17, 15) is 4.79 Å². The van der Waals surface area contributed by atoms with Crippen molar-refractivity contribution in [3.05, 3.63) is 0 Å². The maximum atomic E-state index is 10.3. The van der Waals surface area contributed by atoms with Crippen molar-refractivity contribution in [2.75, 3.05) is 0 Å². The maximum Gasteiger partial charge on any atom is 0.303 e. The van der Waals surface area contributed by atoms with Crippen LogP contribution in [0.25, 0.3) is 0 Å². The van der Waals surface area contributed by atoms with Crippen molar-refractivity contribution >= 4 is 5.97 Å². The number of carbonyl (C=O) groups is 1. The van der Waals surface area contributed by atoms with Crippen LogP contribution < -0.4 is 0 Å². The molecule has 1 N–H and O–H groups in total. The van der Waals surface area contributed by atoms with Crippen molar-refractivity contribution in [1.29, 1.82) is 0 Å². The third-order valence-electron chi connectivity index (χ3n) is 2.99. The number of carboxylic acid groups (broad SMARTS) is 1. The van der Waals surface area contributed by atoms with Crippen molar-refractivity contribution in [2.45, 2.75) is 84.0 Å². The van der Waals surface area contributed by atoms with Gasteiger partial charge in [0.05, 0.1) is 0 Å². The van der Waals surface area contributed by atoms with E-state index in [1.807, 2.05) is 0 Å². The first-order valence-corrected chi connectivity index (χ1v) is 6.99. The molecule has 0 spiro atoms. The molecule has 0 atom stereocenters. The Morgan fingerprint density at radius 1 is 0.722 bits per heavy atom. The Bertz CT molecular complexity index is 164. The molecule has 0 aromatic carbocycles. The number of hydrogen-bond acceptors (Lipinski definition) is 1. The number of hydrogen-bond donors (Lipinski definition) is 1. The Hall–Kier alpha value is 0.535.